The summed E-state index contributed by atoms with van der Waals surface area (Å²) in [4.78, 5) is 27.0. The Hall–Kier alpha value is -1.10. The van der Waals surface area contributed by atoms with Crippen molar-refractivity contribution in [3.8, 4) is 0 Å². The van der Waals surface area contributed by atoms with Gasteiger partial charge >= 0.3 is 0 Å². The molecule has 4 unspecified atom stereocenters. The number of carbonyl (C=O) groups excluding carboxylic acids is 2. The average molecular weight is 296 g/mol. The van der Waals surface area contributed by atoms with E-state index in [0.29, 0.717) is 12.8 Å². The van der Waals surface area contributed by atoms with Crippen LogP contribution in [0.3, 0.4) is 0 Å². The van der Waals surface area contributed by atoms with Gasteiger partial charge in [-0.25, -0.2) is 0 Å². The first kappa shape index (κ1) is 16.3. The summed E-state index contributed by atoms with van der Waals surface area (Å²) in [5.41, 5.74) is -0.105. The predicted molar refractivity (Wildman–Crippen MR) is 80.7 cm³/mol. The van der Waals surface area contributed by atoms with E-state index in [9.17, 15) is 9.59 Å². The van der Waals surface area contributed by atoms with Crippen molar-refractivity contribution in [3.05, 3.63) is 0 Å². The van der Waals surface area contributed by atoms with Gasteiger partial charge < -0.3 is 15.0 Å². The Morgan fingerprint density at radius 3 is 2.48 bits per heavy atom. The number of hydrogen-bond acceptors (Lipinski definition) is 3. The molecule has 120 valence electrons. The van der Waals surface area contributed by atoms with E-state index in [-0.39, 0.29) is 41.5 Å². The largest absolute Gasteiger partial charge is 0.381 e. The van der Waals surface area contributed by atoms with Crippen molar-refractivity contribution in [1.29, 1.82) is 0 Å². The molecule has 2 rings (SSSR count). The zero-order valence-electron chi connectivity index (χ0n) is 13.8. The normalized spacial score (nSPS) is 35.4. The van der Waals surface area contributed by atoms with Gasteiger partial charge in [0.25, 0.3) is 0 Å². The van der Waals surface area contributed by atoms with Gasteiger partial charge in [-0.3, -0.25) is 9.59 Å². The van der Waals surface area contributed by atoms with Crippen LogP contribution in [0.5, 0.6) is 0 Å². The molecule has 1 heterocycles. The summed E-state index contributed by atoms with van der Waals surface area (Å²) in [5.74, 6) is 0.0724. The second-order valence-corrected chi connectivity index (χ2v) is 6.82. The maximum Gasteiger partial charge on any atom is 0.246 e. The summed E-state index contributed by atoms with van der Waals surface area (Å²) in [7, 11) is 1.71. The molecule has 1 aliphatic heterocycles. The minimum Gasteiger partial charge on any atom is -0.381 e. The Morgan fingerprint density at radius 1 is 1.33 bits per heavy atom. The Labute approximate surface area is 127 Å². The van der Waals surface area contributed by atoms with Gasteiger partial charge in [0, 0.05) is 18.6 Å². The van der Waals surface area contributed by atoms with Gasteiger partial charge in [0.05, 0.1) is 6.10 Å². The lowest BCUT2D eigenvalue weighted by Gasteiger charge is -2.58. The second kappa shape index (κ2) is 5.95. The summed E-state index contributed by atoms with van der Waals surface area (Å²) >= 11 is 0. The Morgan fingerprint density at radius 2 is 2.00 bits per heavy atom. The molecule has 0 bridgehead atoms. The van der Waals surface area contributed by atoms with E-state index in [0.717, 1.165) is 12.8 Å². The quantitative estimate of drug-likeness (QED) is 0.840. The molecule has 1 saturated heterocycles. The number of nitrogens with one attached hydrogen (secondary N) is 1. The molecule has 21 heavy (non-hydrogen) atoms. The number of ether oxygens (including phenoxy) is 1. The van der Waals surface area contributed by atoms with Gasteiger partial charge in [0.1, 0.15) is 12.1 Å². The van der Waals surface area contributed by atoms with Crippen LogP contribution < -0.4 is 5.32 Å². The van der Waals surface area contributed by atoms with E-state index in [1.807, 2.05) is 18.7 Å². The summed E-state index contributed by atoms with van der Waals surface area (Å²) in [5, 5.41) is 2.89. The maximum atomic E-state index is 12.8. The van der Waals surface area contributed by atoms with Crippen molar-refractivity contribution >= 4 is 11.8 Å². The highest BCUT2D eigenvalue weighted by atomic mass is 16.5. The zero-order chi connectivity index (χ0) is 15.8. The number of methoxy groups -OCH3 is 1. The van der Waals surface area contributed by atoms with E-state index in [2.05, 4.69) is 19.2 Å². The molecule has 5 nitrogen and oxygen atoms in total. The van der Waals surface area contributed by atoms with Crippen molar-refractivity contribution in [1.82, 2.24) is 10.2 Å². The van der Waals surface area contributed by atoms with Crippen LogP contribution >= 0.6 is 0 Å². The fraction of sp³-hybridized carbons (Fsp3) is 0.875. The van der Waals surface area contributed by atoms with E-state index in [4.69, 9.17) is 4.74 Å². The average Bonchev–Trinajstić information content (AvgIpc) is 2.43. The number of amides is 2. The fourth-order valence-corrected chi connectivity index (χ4v) is 3.76. The lowest BCUT2D eigenvalue weighted by atomic mass is 9.63. The predicted octanol–water partition coefficient (Wildman–Crippen LogP) is 1.71. The Kier molecular flexibility index (Phi) is 4.61. The van der Waals surface area contributed by atoms with E-state index in [1.165, 1.54) is 0 Å². The van der Waals surface area contributed by atoms with Crippen molar-refractivity contribution in [2.75, 3.05) is 7.11 Å². The zero-order valence-corrected chi connectivity index (χ0v) is 13.8. The summed E-state index contributed by atoms with van der Waals surface area (Å²) in [6.07, 6.45) is 3.22. The molecule has 0 radical (unpaired) electrons. The van der Waals surface area contributed by atoms with Crippen LogP contribution in [0.4, 0.5) is 0 Å². The first-order valence-electron chi connectivity index (χ1n) is 8.03. The highest BCUT2D eigenvalue weighted by Gasteiger charge is 2.56. The van der Waals surface area contributed by atoms with Gasteiger partial charge in [0.2, 0.25) is 11.8 Å². The molecule has 5 heteroatoms. The highest BCUT2D eigenvalue weighted by Crippen LogP contribution is 2.47. The van der Waals surface area contributed by atoms with Gasteiger partial charge in [-0.05, 0) is 19.3 Å². The lowest BCUT2D eigenvalue weighted by Crippen LogP contribution is -2.72. The molecule has 2 amide bonds. The van der Waals surface area contributed by atoms with Crippen LogP contribution in [0.25, 0.3) is 0 Å². The van der Waals surface area contributed by atoms with Crippen molar-refractivity contribution in [2.45, 2.75) is 77.6 Å². The molecule has 1 saturated carbocycles. The van der Waals surface area contributed by atoms with Gasteiger partial charge in [-0.15, -0.1) is 0 Å². The third-order valence-electron chi connectivity index (χ3n) is 5.22. The number of hydrogen-bond donors (Lipinski definition) is 1. The third kappa shape index (κ3) is 2.56. The monoisotopic (exact) mass is 296 g/mol. The summed E-state index contributed by atoms with van der Waals surface area (Å²) in [6, 6.07) is -0.610. The van der Waals surface area contributed by atoms with Gasteiger partial charge in [-0.1, -0.05) is 34.1 Å². The third-order valence-corrected chi connectivity index (χ3v) is 5.22. The lowest BCUT2D eigenvalue weighted by molar-refractivity contribution is -0.179. The number of nitrogens with zero attached hydrogens (tertiary/aromatic N) is 1. The highest BCUT2D eigenvalue weighted by molar-refractivity contribution is 5.97. The molecule has 0 aromatic rings. The van der Waals surface area contributed by atoms with E-state index < -0.39 is 0 Å². The molecule has 4 atom stereocenters. The second-order valence-electron chi connectivity index (χ2n) is 6.82. The van der Waals surface area contributed by atoms with Crippen LogP contribution in [0.2, 0.25) is 0 Å². The molecule has 2 aliphatic rings. The Balaban J connectivity index is 2.25. The molecule has 0 aromatic carbocycles. The number of carbonyl (C=O) groups is 2. The Bertz CT molecular complexity index is 422. The van der Waals surface area contributed by atoms with Gasteiger partial charge in [0.15, 0.2) is 0 Å². The molecule has 2 fully saturated rings. The minimum absolute atomic E-state index is 0.00721. The summed E-state index contributed by atoms with van der Waals surface area (Å²) < 4.78 is 5.49. The molecular formula is C16H28N2O3. The molecule has 0 aromatic heterocycles. The van der Waals surface area contributed by atoms with Crippen molar-refractivity contribution in [3.63, 3.8) is 0 Å². The SMILES string of the molecule is CCCC1NC(=O)C(CC)N(C2CC(OC)C2(C)C)C1=O. The molecular weight excluding hydrogens is 268 g/mol. The van der Waals surface area contributed by atoms with Crippen LogP contribution in [0, 0.1) is 5.41 Å². The first-order valence-corrected chi connectivity index (χ1v) is 8.03. The first-order chi connectivity index (χ1) is 9.88. The maximum absolute atomic E-state index is 12.8. The smallest absolute Gasteiger partial charge is 0.246 e. The molecule has 1 aliphatic carbocycles. The van der Waals surface area contributed by atoms with Crippen LogP contribution in [-0.2, 0) is 14.3 Å². The van der Waals surface area contributed by atoms with Crippen molar-refractivity contribution in [2.24, 2.45) is 5.41 Å². The van der Waals surface area contributed by atoms with Crippen LogP contribution in [0.1, 0.15) is 53.4 Å². The van der Waals surface area contributed by atoms with Gasteiger partial charge in [-0.2, -0.15) is 0 Å². The van der Waals surface area contributed by atoms with E-state index in [1.54, 1.807) is 7.11 Å². The van der Waals surface area contributed by atoms with Crippen LogP contribution in [0.15, 0.2) is 0 Å². The van der Waals surface area contributed by atoms with E-state index >= 15 is 0 Å². The molecule has 1 N–H and O–H groups in total. The minimum atomic E-state index is -0.359. The van der Waals surface area contributed by atoms with Crippen LogP contribution in [-0.4, -0.2) is 48.1 Å². The number of piperazine rings is 1. The topological polar surface area (TPSA) is 58.6 Å². The molecule has 0 spiro atoms. The van der Waals surface area contributed by atoms with Crippen molar-refractivity contribution < 1.29 is 14.3 Å². The number of rotatable bonds is 5. The standard InChI is InChI=1S/C16H28N2O3/c1-6-8-10-15(20)18(11(7-2)14(19)17-10)12-9-13(21-5)16(12,3)4/h10-13H,6-9H2,1-5H3,(H,17,19). The fourth-order valence-electron chi connectivity index (χ4n) is 3.76. The summed E-state index contributed by atoms with van der Waals surface area (Å²) in [6.45, 7) is 8.24.